The second-order valence-corrected chi connectivity index (χ2v) is 6.11. The lowest BCUT2D eigenvalue weighted by Crippen LogP contribution is -2.29. The van der Waals surface area contributed by atoms with Gasteiger partial charge < -0.3 is 9.47 Å². The fourth-order valence-electron chi connectivity index (χ4n) is 3.56. The largest absolute Gasteiger partial charge is 0.509 e. The summed E-state index contributed by atoms with van der Waals surface area (Å²) in [6.45, 7) is 0.337. The third-order valence-electron chi connectivity index (χ3n) is 4.82. The maximum absolute atomic E-state index is 11.6. The molecule has 0 aromatic rings. The van der Waals surface area contributed by atoms with E-state index in [1.165, 1.54) is 0 Å². The van der Waals surface area contributed by atoms with Gasteiger partial charge in [-0.1, -0.05) is 12.2 Å². The quantitative estimate of drug-likeness (QED) is 0.454. The Labute approximate surface area is 123 Å². The number of Topliss-reactive ketones (excluding diaryl/α,β-unsaturated/α-hetero) is 2. The molecule has 0 amide bonds. The summed E-state index contributed by atoms with van der Waals surface area (Å²) in [5, 5.41) is 0. The van der Waals surface area contributed by atoms with E-state index in [0.717, 1.165) is 25.7 Å². The molecule has 21 heavy (non-hydrogen) atoms. The van der Waals surface area contributed by atoms with Gasteiger partial charge >= 0.3 is 6.16 Å². The van der Waals surface area contributed by atoms with Crippen LogP contribution in [0, 0.1) is 17.8 Å². The van der Waals surface area contributed by atoms with Crippen LogP contribution in [-0.4, -0.2) is 30.4 Å². The summed E-state index contributed by atoms with van der Waals surface area (Å²) in [6, 6.07) is 0. The van der Waals surface area contributed by atoms with Crippen molar-refractivity contribution >= 4 is 17.7 Å². The first-order chi connectivity index (χ1) is 10.2. The summed E-state index contributed by atoms with van der Waals surface area (Å²) in [6.07, 6.45) is 7.12. The van der Waals surface area contributed by atoms with Crippen LogP contribution < -0.4 is 0 Å². The minimum atomic E-state index is -1.23. The average Bonchev–Trinajstić information content (AvgIpc) is 2.98. The Morgan fingerprint density at radius 1 is 1.05 bits per heavy atom. The van der Waals surface area contributed by atoms with Gasteiger partial charge in [-0.2, -0.15) is 0 Å². The van der Waals surface area contributed by atoms with Crippen molar-refractivity contribution in [2.24, 2.45) is 17.8 Å². The van der Waals surface area contributed by atoms with E-state index in [1.807, 2.05) is 0 Å². The molecule has 0 aromatic carbocycles. The number of allylic oxidation sites excluding steroid dienone is 2. The van der Waals surface area contributed by atoms with Gasteiger partial charge in [0.05, 0.1) is 6.61 Å². The Morgan fingerprint density at radius 3 is 2.19 bits per heavy atom. The van der Waals surface area contributed by atoms with E-state index in [2.05, 4.69) is 12.2 Å². The molecule has 5 nitrogen and oxygen atoms in total. The van der Waals surface area contributed by atoms with Crippen LogP contribution in [0.25, 0.3) is 0 Å². The second-order valence-electron chi connectivity index (χ2n) is 6.11. The van der Waals surface area contributed by atoms with E-state index >= 15 is 0 Å². The van der Waals surface area contributed by atoms with Crippen LogP contribution in [-0.2, 0) is 19.1 Å². The third-order valence-corrected chi connectivity index (χ3v) is 4.82. The first-order valence-electron chi connectivity index (χ1n) is 7.70. The Bertz CT molecular complexity index is 449. The highest BCUT2D eigenvalue weighted by atomic mass is 16.7. The maximum atomic E-state index is 11.6. The number of carbonyl (C=O) groups is 3. The molecule has 2 saturated carbocycles. The molecule has 3 aliphatic rings. The molecule has 3 aliphatic carbocycles. The van der Waals surface area contributed by atoms with Crippen molar-refractivity contribution in [3.63, 3.8) is 0 Å². The molecule has 0 unspecified atom stereocenters. The summed E-state index contributed by atoms with van der Waals surface area (Å²) < 4.78 is 9.96. The molecule has 0 spiro atoms. The number of hydrogen-bond acceptors (Lipinski definition) is 5. The van der Waals surface area contributed by atoms with E-state index in [-0.39, 0.29) is 24.4 Å². The van der Waals surface area contributed by atoms with E-state index in [9.17, 15) is 14.4 Å². The summed E-state index contributed by atoms with van der Waals surface area (Å²) in [4.78, 5) is 34.4. The van der Waals surface area contributed by atoms with Crippen LogP contribution in [0.3, 0.4) is 0 Å². The van der Waals surface area contributed by atoms with E-state index in [0.29, 0.717) is 24.4 Å². The lowest BCUT2D eigenvalue weighted by Gasteiger charge is -2.09. The van der Waals surface area contributed by atoms with Crippen molar-refractivity contribution in [2.75, 3.05) is 6.61 Å². The molecule has 0 aliphatic heterocycles. The fourth-order valence-corrected chi connectivity index (χ4v) is 3.56. The molecule has 0 bridgehead atoms. The SMILES string of the molecule is O=C(OC[C@@H]1[C@@H]2CC/C=C\CC[C@@H]21)OC1C(=O)CCC1=O. The van der Waals surface area contributed by atoms with Gasteiger partial charge in [-0.25, -0.2) is 4.79 Å². The molecular formula is C16H20O5. The molecule has 3 atom stereocenters. The topological polar surface area (TPSA) is 69.7 Å². The zero-order valence-electron chi connectivity index (χ0n) is 12.0. The van der Waals surface area contributed by atoms with Crippen LogP contribution in [0.15, 0.2) is 12.2 Å². The van der Waals surface area contributed by atoms with E-state index in [4.69, 9.17) is 9.47 Å². The first-order valence-corrected chi connectivity index (χ1v) is 7.70. The Kier molecular flexibility index (Phi) is 4.08. The van der Waals surface area contributed by atoms with Gasteiger partial charge in [0.2, 0.25) is 6.10 Å². The minimum absolute atomic E-state index is 0.163. The molecular weight excluding hydrogens is 272 g/mol. The van der Waals surface area contributed by atoms with Crippen LogP contribution in [0.2, 0.25) is 0 Å². The average molecular weight is 292 g/mol. The van der Waals surface area contributed by atoms with Crippen LogP contribution in [0.4, 0.5) is 4.79 Å². The highest BCUT2D eigenvalue weighted by Crippen LogP contribution is 2.52. The van der Waals surface area contributed by atoms with Crippen molar-refractivity contribution in [1.29, 1.82) is 0 Å². The molecule has 0 N–H and O–H groups in total. The van der Waals surface area contributed by atoms with Gasteiger partial charge in [-0.3, -0.25) is 9.59 Å². The lowest BCUT2D eigenvalue weighted by atomic mass is 10.1. The Morgan fingerprint density at radius 2 is 1.62 bits per heavy atom. The number of ketones is 2. The normalized spacial score (nSPS) is 33.8. The number of hydrogen-bond donors (Lipinski definition) is 0. The molecule has 0 heterocycles. The summed E-state index contributed by atoms with van der Waals surface area (Å²) in [5.41, 5.74) is 0. The van der Waals surface area contributed by atoms with Gasteiger partial charge in [0.25, 0.3) is 0 Å². The molecule has 5 heteroatoms. The number of rotatable bonds is 3. The van der Waals surface area contributed by atoms with Crippen LogP contribution >= 0.6 is 0 Å². The highest BCUT2D eigenvalue weighted by molar-refractivity contribution is 6.12. The maximum Gasteiger partial charge on any atom is 0.509 e. The van der Waals surface area contributed by atoms with Gasteiger partial charge in [0, 0.05) is 12.8 Å². The highest BCUT2D eigenvalue weighted by Gasteiger charge is 2.49. The van der Waals surface area contributed by atoms with Crippen molar-refractivity contribution < 1.29 is 23.9 Å². The Hall–Kier alpha value is -1.65. The molecule has 0 radical (unpaired) electrons. The van der Waals surface area contributed by atoms with E-state index < -0.39 is 12.3 Å². The standard InChI is InChI=1S/C16H20O5/c17-13-7-8-14(18)15(13)21-16(19)20-9-12-10-5-3-1-2-4-6-11(10)12/h1-2,10-12,15H,3-9H2/b2-1-/t10-,11+,12-. The van der Waals surface area contributed by atoms with Gasteiger partial charge in [0.15, 0.2) is 11.6 Å². The number of fused-ring (bicyclic) bond motifs is 1. The Balaban J connectivity index is 1.42. The zero-order valence-corrected chi connectivity index (χ0v) is 12.0. The van der Waals surface area contributed by atoms with Gasteiger partial charge in [-0.15, -0.1) is 0 Å². The van der Waals surface area contributed by atoms with Crippen molar-refractivity contribution in [2.45, 2.75) is 44.6 Å². The molecule has 2 fully saturated rings. The van der Waals surface area contributed by atoms with Gasteiger partial charge in [0.1, 0.15) is 0 Å². The molecule has 0 aromatic heterocycles. The van der Waals surface area contributed by atoms with Crippen molar-refractivity contribution in [3.8, 4) is 0 Å². The smallest absolute Gasteiger partial charge is 0.434 e. The molecule has 0 saturated heterocycles. The number of carbonyl (C=O) groups excluding carboxylic acids is 3. The van der Waals surface area contributed by atoms with Crippen molar-refractivity contribution in [3.05, 3.63) is 12.2 Å². The summed E-state index contributed by atoms with van der Waals surface area (Å²) in [5.74, 6) is 1.04. The fraction of sp³-hybridized carbons (Fsp3) is 0.688. The predicted molar refractivity (Wildman–Crippen MR) is 73.5 cm³/mol. The van der Waals surface area contributed by atoms with Crippen LogP contribution in [0.1, 0.15) is 38.5 Å². The molecule has 114 valence electrons. The third kappa shape index (κ3) is 3.17. The number of ether oxygens (including phenoxy) is 2. The molecule has 3 rings (SSSR count). The van der Waals surface area contributed by atoms with Crippen molar-refractivity contribution in [1.82, 2.24) is 0 Å². The van der Waals surface area contributed by atoms with Gasteiger partial charge in [-0.05, 0) is 43.4 Å². The second kappa shape index (κ2) is 6.00. The minimum Gasteiger partial charge on any atom is -0.434 e. The van der Waals surface area contributed by atoms with Crippen LogP contribution in [0.5, 0.6) is 0 Å². The lowest BCUT2D eigenvalue weighted by molar-refractivity contribution is -0.134. The zero-order chi connectivity index (χ0) is 14.8. The summed E-state index contributed by atoms with van der Waals surface area (Å²) in [7, 11) is 0. The summed E-state index contributed by atoms with van der Waals surface area (Å²) >= 11 is 0. The van der Waals surface area contributed by atoms with E-state index in [1.54, 1.807) is 0 Å². The monoisotopic (exact) mass is 292 g/mol. The first kappa shape index (κ1) is 14.3. The predicted octanol–water partition coefficient (Wildman–Crippen LogP) is 2.43.